The molecule has 3 rings (SSSR count). The van der Waals surface area contributed by atoms with Crippen LogP contribution in [0.3, 0.4) is 0 Å². The zero-order valence-electron chi connectivity index (χ0n) is 14.4. The highest BCUT2D eigenvalue weighted by molar-refractivity contribution is 6.03. The highest BCUT2D eigenvalue weighted by Crippen LogP contribution is 2.20. The van der Waals surface area contributed by atoms with E-state index in [0.717, 1.165) is 5.56 Å². The van der Waals surface area contributed by atoms with Crippen molar-refractivity contribution in [2.45, 2.75) is 20.0 Å². The fourth-order valence-electron chi connectivity index (χ4n) is 2.29. The first kappa shape index (κ1) is 17.4. The number of benzene rings is 2. The SMILES string of the molecule is CC(C)OC(=O)c1ccc(NC(=O)c2cc(-c3ccccc3)on2)cc1. The average Bonchev–Trinajstić information content (AvgIpc) is 3.13. The molecule has 0 spiro atoms. The van der Waals surface area contributed by atoms with Crippen LogP contribution in [0, 0.1) is 0 Å². The molecule has 6 heteroatoms. The van der Waals surface area contributed by atoms with Crippen molar-refractivity contribution in [1.82, 2.24) is 5.16 Å². The van der Waals surface area contributed by atoms with Gasteiger partial charge in [-0.2, -0.15) is 0 Å². The molecule has 0 saturated carbocycles. The average molecular weight is 350 g/mol. The molecule has 0 bridgehead atoms. The summed E-state index contributed by atoms with van der Waals surface area (Å²) in [6, 6.07) is 17.4. The number of hydrogen-bond donors (Lipinski definition) is 1. The fraction of sp³-hybridized carbons (Fsp3) is 0.150. The third-order valence-electron chi connectivity index (χ3n) is 3.52. The number of carbonyl (C=O) groups is 2. The summed E-state index contributed by atoms with van der Waals surface area (Å²) in [5.74, 6) is -0.280. The van der Waals surface area contributed by atoms with E-state index in [9.17, 15) is 9.59 Å². The Morgan fingerprint density at radius 2 is 1.73 bits per heavy atom. The molecule has 1 N–H and O–H groups in total. The number of hydrogen-bond acceptors (Lipinski definition) is 5. The van der Waals surface area contributed by atoms with E-state index in [1.807, 2.05) is 30.3 Å². The van der Waals surface area contributed by atoms with Gasteiger partial charge in [0.15, 0.2) is 11.5 Å². The van der Waals surface area contributed by atoms with Crippen LogP contribution in [0.5, 0.6) is 0 Å². The number of anilines is 1. The molecule has 0 saturated heterocycles. The van der Waals surface area contributed by atoms with Gasteiger partial charge in [-0.15, -0.1) is 0 Å². The Hall–Kier alpha value is -3.41. The second-order valence-corrected chi connectivity index (χ2v) is 5.93. The van der Waals surface area contributed by atoms with Gasteiger partial charge in [0.2, 0.25) is 0 Å². The largest absolute Gasteiger partial charge is 0.459 e. The molecule has 1 aromatic heterocycles. The molecular weight excluding hydrogens is 332 g/mol. The Kier molecular flexibility index (Phi) is 5.12. The first-order valence-electron chi connectivity index (χ1n) is 8.17. The van der Waals surface area contributed by atoms with Gasteiger partial charge in [0, 0.05) is 17.3 Å². The van der Waals surface area contributed by atoms with E-state index < -0.39 is 11.9 Å². The zero-order chi connectivity index (χ0) is 18.5. The van der Waals surface area contributed by atoms with Crippen molar-refractivity contribution < 1.29 is 18.8 Å². The van der Waals surface area contributed by atoms with E-state index in [2.05, 4.69) is 10.5 Å². The van der Waals surface area contributed by atoms with Gasteiger partial charge < -0.3 is 14.6 Å². The predicted molar refractivity (Wildman–Crippen MR) is 96.9 cm³/mol. The van der Waals surface area contributed by atoms with E-state index in [1.165, 1.54) is 0 Å². The van der Waals surface area contributed by atoms with Crippen molar-refractivity contribution in [1.29, 1.82) is 0 Å². The lowest BCUT2D eigenvalue weighted by atomic mass is 10.1. The van der Waals surface area contributed by atoms with Crippen LogP contribution in [0.4, 0.5) is 5.69 Å². The van der Waals surface area contributed by atoms with E-state index in [0.29, 0.717) is 17.0 Å². The summed E-state index contributed by atoms with van der Waals surface area (Å²) in [5, 5.41) is 6.52. The molecule has 6 nitrogen and oxygen atoms in total. The molecule has 1 amide bonds. The summed E-state index contributed by atoms with van der Waals surface area (Å²) < 4.78 is 10.3. The molecule has 2 aromatic carbocycles. The minimum atomic E-state index is -0.401. The van der Waals surface area contributed by atoms with Crippen molar-refractivity contribution in [2.75, 3.05) is 5.32 Å². The van der Waals surface area contributed by atoms with Crippen LogP contribution in [-0.4, -0.2) is 23.1 Å². The lowest BCUT2D eigenvalue weighted by Gasteiger charge is -2.08. The summed E-state index contributed by atoms with van der Waals surface area (Å²) in [4.78, 5) is 24.1. The van der Waals surface area contributed by atoms with Gasteiger partial charge in [-0.05, 0) is 38.1 Å². The maximum atomic E-state index is 12.3. The number of aromatic nitrogens is 1. The van der Waals surface area contributed by atoms with Crippen LogP contribution in [0.1, 0.15) is 34.7 Å². The zero-order valence-corrected chi connectivity index (χ0v) is 14.4. The summed E-state index contributed by atoms with van der Waals surface area (Å²) in [7, 11) is 0. The third-order valence-corrected chi connectivity index (χ3v) is 3.52. The molecule has 0 fully saturated rings. The maximum absolute atomic E-state index is 12.3. The lowest BCUT2D eigenvalue weighted by molar-refractivity contribution is 0.0378. The maximum Gasteiger partial charge on any atom is 0.338 e. The molecule has 0 aliphatic heterocycles. The molecule has 0 unspecified atom stereocenters. The molecule has 1 heterocycles. The highest BCUT2D eigenvalue weighted by atomic mass is 16.5. The number of amides is 1. The van der Waals surface area contributed by atoms with Gasteiger partial charge >= 0.3 is 5.97 Å². The van der Waals surface area contributed by atoms with Crippen molar-refractivity contribution in [3.63, 3.8) is 0 Å². The van der Waals surface area contributed by atoms with Gasteiger partial charge in [-0.25, -0.2) is 4.79 Å². The Morgan fingerprint density at radius 3 is 2.38 bits per heavy atom. The number of carbonyl (C=O) groups excluding carboxylic acids is 2. The van der Waals surface area contributed by atoms with Crippen LogP contribution < -0.4 is 5.32 Å². The molecular formula is C20H18N2O4. The van der Waals surface area contributed by atoms with Crippen LogP contribution in [0.15, 0.2) is 65.2 Å². The van der Waals surface area contributed by atoms with Gasteiger partial charge in [0.05, 0.1) is 11.7 Å². The molecule has 26 heavy (non-hydrogen) atoms. The second-order valence-electron chi connectivity index (χ2n) is 5.93. The molecule has 0 aliphatic carbocycles. The number of nitrogens with one attached hydrogen (secondary N) is 1. The first-order chi connectivity index (χ1) is 12.5. The van der Waals surface area contributed by atoms with Crippen LogP contribution in [0.2, 0.25) is 0 Å². The molecule has 0 atom stereocenters. The Bertz CT molecular complexity index is 899. The van der Waals surface area contributed by atoms with E-state index in [4.69, 9.17) is 9.26 Å². The van der Waals surface area contributed by atoms with Gasteiger partial charge in [-0.1, -0.05) is 35.5 Å². The van der Waals surface area contributed by atoms with Crippen LogP contribution in [-0.2, 0) is 4.74 Å². The summed E-state index contributed by atoms with van der Waals surface area (Å²) in [6.45, 7) is 3.57. The molecule has 0 aliphatic rings. The molecule has 0 radical (unpaired) electrons. The summed E-state index contributed by atoms with van der Waals surface area (Å²) >= 11 is 0. The number of rotatable bonds is 5. The topological polar surface area (TPSA) is 81.4 Å². The number of esters is 1. The van der Waals surface area contributed by atoms with Crippen LogP contribution >= 0.6 is 0 Å². The Balaban J connectivity index is 1.67. The molecule has 3 aromatic rings. The van der Waals surface area contributed by atoms with Gasteiger partial charge in [-0.3, -0.25) is 4.79 Å². The van der Waals surface area contributed by atoms with Crippen molar-refractivity contribution >= 4 is 17.6 Å². The van der Waals surface area contributed by atoms with Crippen molar-refractivity contribution in [3.05, 3.63) is 71.9 Å². The first-order valence-corrected chi connectivity index (χ1v) is 8.17. The standard InChI is InChI=1S/C20H18N2O4/c1-13(2)25-20(24)15-8-10-16(11-9-15)21-19(23)17-12-18(26-22-17)14-6-4-3-5-7-14/h3-13H,1-2H3,(H,21,23). The normalized spacial score (nSPS) is 10.6. The number of ether oxygens (including phenoxy) is 1. The van der Waals surface area contributed by atoms with Gasteiger partial charge in [0.1, 0.15) is 0 Å². The quantitative estimate of drug-likeness (QED) is 0.699. The Labute approximate surface area is 150 Å². The molecule has 132 valence electrons. The minimum absolute atomic E-state index is 0.173. The van der Waals surface area contributed by atoms with E-state index in [1.54, 1.807) is 44.2 Å². The van der Waals surface area contributed by atoms with Gasteiger partial charge in [0.25, 0.3) is 5.91 Å². The minimum Gasteiger partial charge on any atom is -0.459 e. The van der Waals surface area contributed by atoms with Crippen LogP contribution in [0.25, 0.3) is 11.3 Å². The second kappa shape index (κ2) is 7.65. The lowest BCUT2D eigenvalue weighted by Crippen LogP contribution is -2.13. The van der Waals surface area contributed by atoms with E-state index in [-0.39, 0.29) is 11.8 Å². The number of nitrogens with zero attached hydrogens (tertiary/aromatic N) is 1. The highest BCUT2D eigenvalue weighted by Gasteiger charge is 2.14. The van der Waals surface area contributed by atoms with Crippen molar-refractivity contribution in [3.8, 4) is 11.3 Å². The fourth-order valence-corrected chi connectivity index (χ4v) is 2.29. The smallest absolute Gasteiger partial charge is 0.338 e. The Morgan fingerprint density at radius 1 is 1.04 bits per heavy atom. The third kappa shape index (κ3) is 4.16. The summed E-state index contributed by atoms with van der Waals surface area (Å²) in [6.07, 6.45) is -0.187. The monoisotopic (exact) mass is 350 g/mol. The predicted octanol–water partition coefficient (Wildman–Crippen LogP) is 4.16. The summed E-state index contributed by atoms with van der Waals surface area (Å²) in [5.41, 5.74) is 1.98. The van der Waals surface area contributed by atoms with E-state index >= 15 is 0 Å². The van der Waals surface area contributed by atoms with Crippen molar-refractivity contribution in [2.24, 2.45) is 0 Å².